The van der Waals surface area contributed by atoms with Gasteiger partial charge in [-0.25, -0.2) is 8.42 Å². The van der Waals surface area contributed by atoms with Crippen LogP contribution < -0.4 is 14.4 Å². The maximum absolute atomic E-state index is 12.2. The second kappa shape index (κ2) is 6.70. The first-order valence-corrected chi connectivity index (χ1v) is 8.65. The molecule has 0 saturated heterocycles. The minimum Gasteiger partial charge on any atom is -0.497 e. The van der Waals surface area contributed by atoms with Crippen molar-refractivity contribution >= 4 is 27.3 Å². The van der Waals surface area contributed by atoms with Crippen LogP contribution in [-0.2, 0) is 10.0 Å². The largest absolute Gasteiger partial charge is 0.497 e. The zero-order chi connectivity index (χ0) is 17.0. The van der Waals surface area contributed by atoms with E-state index in [2.05, 4.69) is 5.32 Å². The lowest BCUT2D eigenvalue weighted by Gasteiger charge is -2.17. The third-order valence-electron chi connectivity index (χ3n) is 3.32. The lowest BCUT2D eigenvalue weighted by Crippen LogP contribution is -2.24. The predicted molar refractivity (Wildman–Crippen MR) is 90.6 cm³/mol. The third-order valence-corrected chi connectivity index (χ3v) is 4.52. The maximum Gasteiger partial charge on any atom is 0.255 e. The van der Waals surface area contributed by atoms with Crippen LogP contribution in [0, 0.1) is 0 Å². The van der Waals surface area contributed by atoms with Gasteiger partial charge in [-0.3, -0.25) is 9.10 Å². The fourth-order valence-corrected chi connectivity index (χ4v) is 2.41. The van der Waals surface area contributed by atoms with Crippen molar-refractivity contribution in [3.8, 4) is 5.75 Å². The number of hydrogen-bond acceptors (Lipinski definition) is 4. The van der Waals surface area contributed by atoms with E-state index in [1.54, 1.807) is 55.6 Å². The summed E-state index contributed by atoms with van der Waals surface area (Å²) < 4.78 is 29.3. The summed E-state index contributed by atoms with van der Waals surface area (Å²) in [6.07, 6.45) is 1.12. The van der Waals surface area contributed by atoms with Gasteiger partial charge in [0.2, 0.25) is 10.0 Å². The number of anilines is 2. The number of nitrogens with one attached hydrogen (secondary N) is 1. The number of carbonyl (C=O) groups excluding carboxylic acids is 1. The first-order chi connectivity index (χ1) is 10.8. The zero-order valence-corrected chi connectivity index (χ0v) is 13.9. The number of nitrogens with zero attached hydrogens (tertiary/aromatic N) is 1. The molecule has 0 aromatic heterocycles. The smallest absolute Gasteiger partial charge is 0.255 e. The van der Waals surface area contributed by atoms with Crippen molar-refractivity contribution in [3.63, 3.8) is 0 Å². The van der Waals surface area contributed by atoms with Gasteiger partial charge in [0, 0.05) is 18.3 Å². The van der Waals surface area contributed by atoms with Gasteiger partial charge >= 0.3 is 0 Å². The van der Waals surface area contributed by atoms with Crippen LogP contribution in [0.4, 0.5) is 11.4 Å². The molecule has 0 saturated carbocycles. The summed E-state index contributed by atoms with van der Waals surface area (Å²) >= 11 is 0. The van der Waals surface area contributed by atoms with E-state index in [0.717, 1.165) is 10.6 Å². The Morgan fingerprint density at radius 2 is 1.78 bits per heavy atom. The maximum atomic E-state index is 12.2. The van der Waals surface area contributed by atoms with Crippen molar-refractivity contribution in [1.29, 1.82) is 0 Å². The summed E-state index contributed by atoms with van der Waals surface area (Å²) in [5.41, 5.74) is 1.46. The van der Waals surface area contributed by atoms with Crippen LogP contribution in [0.5, 0.6) is 5.75 Å². The summed E-state index contributed by atoms with van der Waals surface area (Å²) in [6.45, 7) is 0. The van der Waals surface area contributed by atoms with Gasteiger partial charge in [0.05, 0.1) is 19.1 Å². The molecule has 0 atom stereocenters. The average Bonchev–Trinajstić information content (AvgIpc) is 2.53. The van der Waals surface area contributed by atoms with Crippen LogP contribution >= 0.6 is 0 Å². The summed E-state index contributed by atoms with van der Waals surface area (Å²) in [4.78, 5) is 12.2. The number of benzene rings is 2. The Morgan fingerprint density at radius 3 is 2.35 bits per heavy atom. The normalized spacial score (nSPS) is 10.9. The molecule has 6 nitrogen and oxygen atoms in total. The molecule has 0 bridgehead atoms. The molecule has 0 unspecified atom stereocenters. The van der Waals surface area contributed by atoms with Crippen LogP contribution in [0.3, 0.4) is 0 Å². The second-order valence-electron chi connectivity index (χ2n) is 4.96. The molecule has 0 aliphatic carbocycles. The van der Waals surface area contributed by atoms with Crippen molar-refractivity contribution in [1.82, 2.24) is 0 Å². The van der Waals surface area contributed by atoms with Gasteiger partial charge in [0.25, 0.3) is 5.91 Å². The molecule has 0 aliphatic rings. The Labute approximate surface area is 135 Å². The molecule has 122 valence electrons. The highest BCUT2D eigenvalue weighted by Crippen LogP contribution is 2.21. The van der Waals surface area contributed by atoms with E-state index < -0.39 is 10.0 Å². The highest BCUT2D eigenvalue weighted by molar-refractivity contribution is 7.92. The molecule has 7 heteroatoms. The highest BCUT2D eigenvalue weighted by atomic mass is 32.2. The SMILES string of the molecule is COc1ccc(C(=O)Nc2cccc(N(C)S(C)(=O)=O)c2)cc1. The summed E-state index contributed by atoms with van der Waals surface area (Å²) in [7, 11) is -0.342. The van der Waals surface area contributed by atoms with Crippen molar-refractivity contribution in [3.05, 3.63) is 54.1 Å². The standard InChI is InChI=1S/C16H18N2O4S/c1-18(23(3,20)21)14-6-4-5-13(11-14)17-16(19)12-7-9-15(22-2)10-8-12/h4-11H,1-3H3,(H,17,19). The summed E-state index contributed by atoms with van der Waals surface area (Å²) in [6, 6.07) is 13.3. The first kappa shape index (κ1) is 16.8. The second-order valence-corrected chi connectivity index (χ2v) is 6.98. The fraction of sp³-hybridized carbons (Fsp3) is 0.188. The van der Waals surface area contributed by atoms with Gasteiger partial charge < -0.3 is 10.1 Å². The van der Waals surface area contributed by atoms with Gasteiger partial charge in [-0.1, -0.05) is 6.07 Å². The van der Waals surface area contributed by atoms with Crippen molar-refractivity contribution in [2.75, 3.05) is 30.0 Å². The summed E-state index contributed by atoms with van der Waals surface area (Å²) in [5.74, 6) is 0.380. The van der Waals surface area contributed by atoms with Crippen molar-refractivity contribution in [2.45, 2.75) is 0 Å². The van der Waals surface area contributed by atoms with Crippen LogP contribution in [0.1, 0.15) is 10.4 Å². The molecule has 2 aromatic carbocycles. The van der Waals surface area contributed by atoms with Gasteiger partial charge in [-0.15, -0.1) is 0 Å². The molecule has 0 aliphatic heterocycles. The van der Waals surface area contributed by atoms with Gasteiger partial charge in [-0.2, -0.15) is 0 Å². The molecule has 2 aromatic rings. The lowest BCUT2D eigenvalue weighted by molar-refractivity contribution is 0.102. The Kier molecular flexibility index (Phi) is 4.90. The monoisotopic (exact) mass is 334 g/mol. The van der Waals surface area contributed by atoms with Crippen LogP contribution in [0.25, 0.3) is 0 Å². The van der Waals surface area contributed by atoms with Crippen LogP contribution in [0.15, 0.2) is 48.5 Å². The Morgan fingerprint density at radius 1 is 1.13 bits per heavy atom. The number of ether oxygens (including phenoxy) is 1. The predicted octanol–water partition coefficient (Wildman–Crippen LogP) is 2.34. The van der Waals surface area contributed by atoms with E-state index in [0.29, 0.717) is 22.7 Å². The lowest BCUT2D eigenvalue weighted by atomic mass is 10.2. The molecule has 0 spiro atoms. The Hall–Kier alpha value is -2.54. The van der Waals surface area contributed by atoms with Crippen LogP contribution in [0.2, 0.25) is 0 Å². The zero-order valence-electron chi connectivity index (χ0n) is 13.1. The highest BCUT2D eigenvalue weighted by Gasteiger charge is 2.13. The Balaban J connectivity index is 2.18. The molecule has 1 amide bonds. The van der Waals surface area contributed by atoms with Gasteiger partial charge in [0.15, 0.2) is 0 Å². The van der Waals surface area contributed by atoms with E-state index in [-0.39, 0.29) is 5.91 Å². The molecular weight excluding hydrogens is 316 g/mol. The number of carbonyl (C=O) groups is 1. The van der Waals surface area contributed by atoms with Gasteiger partial charge in [-0.05, 0) is 42.5 Å². The Bertz CT molecular complexity index is 801. The quantitative estimate of drug-likeness (QED) is 0.910. The fourth-order valence-electron chi connectivity index (χ4n) is 1.92. The number of rotatable bonds is 5. The van der Waals surface area contributed by atoms with E-state index >= 15 is 0 Å². The summed E-state index contributed by atoms with van der Waals surface area (Å²) in [5, 5.41) is 2.74. The third kappa shape index (κ3) is 4.23. The van der Waals surface area contributed by atoms with Gasteiger partial charge in [0.1, 0.15) is 5.75 Å². The topological polar surface area (TPSA) is 75.7 Å². The van der Waals surface area contributed by atoms with E-state index in [1.807, 2.05) is 0 Å². The number of amides is 1. The van der Waals surface area contributed by atoms with E-state index in [9.17, 15) is 13.2 Å². The molecule has 23 heavy (non-hydrogen) atoms. The number of sulfonamides is 1. The molecule has 1 N–H and O–H groups in total. The van der Waals surface area contributed by atoms with Crippen LogP contribution in [-0.4, -0.2) is 34.7 Å². The molecule has 0 radical (unpaired) electrons. The number of methoxy groups -OCH3 is 1. The molecule has 0 fully saturated rings. The van der Waals surface area contributed by atoms with Crippen molar-refractivity contribution in [2.24, 2.45) is 0 Å². The van der Waals surface area contributed by atoms with Crippen molar-refractivity contribution < 1.29 is 17.9 Å². The minimum absolute atomic E-state index is 0.285. The minimum atomic E-state index is -3.35. The number of hydrogen-bond donors (Lipinski definition) is 1. The first-order valence-electron chi connectivity index (χ1n) is 6.80. The molecular formula is C16H18N2O4S. The molecule has 2 rings (SSSR count). The average molecular weight is 334 g/mol. The van der Waals surface area contributed by atoms with E-state index in [4.69, 9.17) is 4.74 Å². The van der Waals surface area contributed by atoms with E-state index in [1.165, 1.54) is 7.05 Å². The molecule has 0 heterocycles.